The zero-order chi connectivity index (χ0) is 16.0. The van der Waals surface area contributed by atoms with Crippen LogP contribution in [0.1, 0.15) is 26.3 Å². The lowest BCUT2D eigenvalue weighted by Gasteiger charge is -2.19. The smallest absolute Gasteiger partial charge is 0.407 e. The van der Waals surface area contributed by atoms with Crippen LogP contribution in [0.5, 0.6) is 0 Å². The van der Waals surface area contributed by atoms with Crippen molar-refractivity contribution in [3.8, 4) is 0 Å². The highest BCUT2D eigenvalue weighted by Gasteiger charge is 2.15. The molecule has 2 rings (SSSR count). The minimum atomic E-state index is -0.465. The summed E-state index contributed by atoms with van der Waals surface area (Å²) in [6.45, 7) is 7.48. The van der Waals surface area contributed by atoms with Gasteiger partial charge in [0.15, 0.2) is 0 Å². The van der Waals surface area contributed by atoms with Crippen molar-refractivity contribution in [2.24, 2.45) is 0 Å². The van der Waals surface area contributed by atoms with Crippen LogP contribution in [0.2, 0.25) is 0 Å². The molecule has 1 heterocycles. The van der Waals surface area contributed by atoms with E-state index in [-0.39, 0.29) is 6.09 Å². The third-order valence-corrected chi connectivity index (χ3v) is 3.02. The van der Waals surface area contributed by atoms with E-state index in [1.165, 1.54) is 5.56 Å². The molecule has 1 aromatic heterocycles. The van der Waals surface area contributed by atoms with Gasteiger partial charge in [-0.25, -0.2) is 4.79 Å². The van der Waals surface area contributed by atoms with Crippen LogP contribution in [0.4, 0.5) is 4.79 Å². The zero-order valence-corrected chi connectivity index (χ0v) is 13.3. The Balaban J connectivity index is 1.76. The van der Waals surface area contributed by atoms with Crippen LogP contribution in [0, 0.1) is 0 Å². The molecule has 0 saturated heterocycles. The SMILES string of the molecule is CC(C)(C)OC(=O)NCCNCc1ccnc2ccccc12. The number of hydrogen-bond acceptors (Lipinski definition) is 4. The van der Waals surface area contributed by atoms with E-state index in [0.717, 1.165) is 17.4 Å². The molecule has 2 aromatic rings. The Labute approximate surface area is 131 Å². The zero-order valence-electron chi connectivity index (χ0n) is 13.3. The second-order valence-corrected chi connectivity index (χ2v) is 6.09. The highest BCUT2D eigenvalue weighted by Crippen LogP contribution is 2.15. The van der Waals surface area contributed by atoms with Gasteiger partial charge in [0.05, 0.1) is 5.52 Å². The van der Waals surface area contributed by atoms with E-state index in [2.05, 4.69) is 21.7 Å². The largest absolute Gasteiger partial charge is 0.444 e. The normalized spacial score (nSPS) is 11.4. The average Bonchev–Trinajstić information content (AvgIpc) is 2.45. The molecule has 2 N–H and O–H groups in total. The van der Waals surface area contributed by atoms with Gasteiger partial charge >= 0.3 is 6.09 Å². The molecule has 0 aliphatic rings. The molecule has 22 heavy (non-hydrogen) atoms. The number of carbonyl (C=O) groups is 1. The van der Waals surface area contributed by atoms with E-state index in [4.69, 9.17) is 4.74 Å². The highest BCUT2D eigenvalue weighted by atomic mass is 16.6. The van der Waals surface area contributed by atoms with Crippen molar-refractivity contribution >= 4 is 17.0 Å². The van der Waals surface area contributed by atoms with Gasteiger partial charge in [0.25, 0.3) is 0 Å². The summed E-state index contributed by atoms with van der Waals surface area (Å²) in [4.78, 5) is 15.8. The number of para-hydroxylation sites is 1. The lowest BCUT2D eigenvalue weighted by atomic mass is 10.1. The van der Waals surface area contributed by atoms with Crippen molar-refractivity contribution in [1.82, 2.24) is 15.6 Å². The summed E-state index contributed by atoms with van der Waals surface area (Å²) >= 11 is 0. The molecule has 0 saturated carbocycles. The molecule has 1 amide bonds. The summed E-state index contributed by atoms with van der Waals surface area (Å²) in [5.74, 6) is 0. The predicted molar refractivity (Wildman–Crippen MR) is 87.7 cm³/mol. The minimum absolute atomic E-state index is 0.385. The van der Waals surface area contributed by atoms with Gasteiger partial charge in [-0.3, -0.25) is 4.98 Å². The number of nitrogens with one attached hydrogen (secondary N) is 2. The monoisotopic (exact) mass is 301 g/mol. The quantitative estimate of drug-likeness (QED) is 0.834. The van der Waals surface area contributed by atoms with Crippen molar-refractivity contribution in [2.75, 3.05) is 13.1 Å². The van der Waals surface area contributed by atoms with Crippen molar-refractivity contribution < 1.29 is 9.53 Å². The molecule has 5 nitrogen and oxygen atoms in total. The lowest BCUT2D eigenvalue weighted by molar-refractivity contribution is 0.0528. The number of rotatable bonds is 5. The van der Waals surface area contributed by atoms with Gasteiger partial charge in [-0.1, -0.05) is 18.2 Å². The van der Waals surface area contributed by atoms with Crippen molar-refractivity contribution in [1.29, 1.82) is 0 Å². The molecule has 1 aromatic carbocycles. The van der Waals surface area contributed by atoms with Gasteiger partial charge in [-0.2, -0.15) is 0 Å². The van der Waals surface area contributed by atoms with E-state index in [9.17, 15) is 4.79 Å². The molecule has 0 atom stereocenters. The van der Waals surface area contributed by atoms with Crippen LogP contribution < -0.4 is 10.6 Å². The van der Waals surface area contributed by atoms with Gasteiger partial charge in [0.2, 0.25) is 0 Å². The van der Waals surface area contributed by atoms with Crippen LogP contribution in [0.25, 0.3) is 10.9 Å². The summed E-state index contributed by atoms with van der Waals surface area (Å²) in [7, 11) is 0. The number of alkyl carbamates (subject to hydrolysis) is 1. The number of aromatic nitrogens is 1. The molecule has 0 radical (unpaired) electrons. The molecule has 0 bridgehead atoms. The summed E-state index contributed by atoms with van der Waals surface area (Å²) < 4.78 is 5.17. The molecule has 0 unspecified atom stereocenters. The molecule has 0 fully saturated rings. The Bertz CT molecular complexity index is 630. The molecule has 0 aliphatic heterocycles. The molecule has 0 spiro atoms. The maximum Gasteiger partial charge on any atom is 0.407 e. The number of fused-ring (bicyclic) bond motifs is 1. The van der Waals surface area contributed by atoms with Crippen molar-refractivity contribution in [3.05, 3.63) is 42.1 Å². The number of pyridine rings is 1. The third-order valence-electron chi connectivity index (χ3n) is 3.02. The number of nitrogens with zero attached hydrogens (tertiary/aromatic N) is 1. The van der Waals surface area contributed by atoms with Gasteiger partial charge in [0.1, 0.15) is 5.60 Å². The van der Waals surface area contributed by atoms with E-state index in [0.29, 0.717) is 13.1 Å². The summed E-state index contributed by atoms with van der Waals surface area (Å²) in [6.07, 6.45) is 1.43. The van der Waals surface area contributed by atoms with Gasteiger partial charge in [0, 0.05) is 31.2 Å². The fourth-order valence-electron chi connectivity index (χ4n) is 2.10. The van der Waals surface area contributed by atoms with E-state index in [1.807, 2.05) is 51.2 Å². The maximum absolute atomic E-state index is 11.5. The van der Waals surface area contributed by atoms with Gasteiger partial charge in [-0.05, 0) is 38.5 Å². The van der Waals surface area contributed by atoms with Crippen molar-refractivity contribution in [2.45, 2.75) is 32.9 Å². The van der Waals surface area contributed by atoms with Crippen LogP contribution in [0.3, 0.4) is 0 Å². The first-order valence-corrected chi connectivity index (χ1v) is 7.46. The van der Waals surface area contributed by atoms with Gasteiger partial charge < -0.3 is 15.4 Å². The highest BCUT2D eigenvalue weighted by molar-refractivity contribution is 5.81. The van der Waals surface area contributed by atoms with Crippen molar-refractivity contribution in [3.63, 3.8) is 0 Å². The average molecular weight is 301 g/mol. The Morgan fingerprint density at radius 3 is 2.73 bits per heavy atom. The Hall–Kier alpha value is -2.14. The predicted octanol–water partition coefficient (Wildman–Crippen LogP) is 2.85. The fraction of sp³-hybridized carbons (Fsp3) is 0.412. The Kier molecular flexibility index (Phi) is 5.33. The molecular weight excluding hydrogens is 278 g/mol. The van der Waals surface area contributed by atoms with Gasteiger partial charge in [-0.15, -0.1) is 0 Å². The standard InChI is InChI=1S/C17H23N3O2/c1-17(2,3)22-16(21)20-11-10-18-12-13-8-9-19-15-7-5-4-6-14(13)15/h4-9,18H,10-12H2,1-3H3,(H,20,21). The van der Waals surface area contributed by atoms with E-state index < -0.39 is 5.60 Å². The number of benzene rings is 1. The van der Waals surface area contributed by atoms with Crippen LogP contribution in [-0.2, 0) is 11.3 Å². The lowest BCUT2D eigenvalue weighted by Crippen LogP contribution is -2.36. The van der Waals surface area contributed by atoms with Crippen LogP contribution in [-0.4, -0.2) is 29.8 Å². The third kappa shape index (κ3) is 5.00. The Morgan fingerprint density at radius 1 is 1.18 bits per heavy atom. The summed E-state index contributed by atoms with van der Waals surface area (Å²) in [5, 5.41) is 7.19. The molecule has 0 aliphatic carbocycles. The van der Waals surface area contributed by atoms with Crippen LogP contribution in [0.15, 0.2) is 36.5 Å². The number of carbonyl (C=O) groups excluding carboxylic acids is 1. The maximum atomic E-state index is 11.5. The number of ether oxygens (including phenoxy) is 1. The second-order valence-electron chi connectivity index (χ2n) is 6.09. The molecule has 118 valence electrons. The van der Waals surface area contributed by atoms with E-state index in [1.54, 1.807) is 0 Å². The first kappa shape index (κ1) is 16.2. The molecule has 5 heteroatoms. The van der Waals surface area contributed by atoms with Crippen LogP contribution >= 0.6 is 0 Å². The second kappa shape index (κ2) is 7.22. The summed E-state index contributed by atoms with van der Waals surface area (Å²) in [6, 6.07) is 10.1. The first-order valence-electron chi connectivity index (χ1n) is 7.46. The fourth-order valence-corrected chi connectivity index (χ4v) is 2.10. The molecular formula is C17H23N3O2. The topological polar surface area (TPSA) is 63.2 Å². The first-order chi connectivity index (χ1) is 10.5. The Morgan fingerprint density at radius 2 is 1.95 bits per heavy atom. The number of amides is 1. The summed E-state index contributed by atoms with van der Waals surface area (Å²) in [5.41, 5.74) is 1.73. The number of hydrogen-bond donors (Lipinski definition) is 2. The minimum Gasteiger partial charge on any atom is -0.444 e. The van der Waals surface area contributed by atoms with E-state index >= 15 is 0 Å².